The quantitative estimate of drug-likeness (QED) is 0.285. The summed E-state index contributed by atoms with van der Waals surface area (Å²) in [6.45, 7) is 6.62. The Bertz CT molecular complexity index is 881. The first kappa shape index (κ1) is 31.2. The number of rotatable bonds is 11. The molecule has 2 amide bonds. The highest BCUT2D eigenvalue weighted by Gasteiger charge is 2.24. The van der Waals surface area contributed by atoms with Gasteiger partial charge >= 0.3 is 0 Å². The number of carbonyl (C=O) groups excluding carboxylic acids is 2. The first-order valence-electron chi connectivity index (χ1n) is 13.5. The van der Waals surface area contributed by atoms with Crippen LogP contribution in [-0.2, 0) is 9.47 Å². The molecule has 0 radical (unpaired) electrons. The number of hydrogen-bond acceptors (Lipinski definition) is 10. The zero-order valence-corrected chi connectivity index (χ0v) is 25.9. The summed E-state index contributed by atoms with van der Waals surface area (Å²) in [4.78, 5) is 33.9. The summed E-state index contributed by atoms with van der Waals surface area (Å²) in [7, 11) is 3.64. The standard InChI is InChI=1S/C28H38N4O4S4/c33-27(31-13-17-35-18-14-31)37-23-25(21-29-9-5-1-2-6-10-29)39-40-26(22-30-11-7-3-4-8-12-30)24-38-28(34)32-15-19-36-20-16-32/h1-12,25-26H,13-24H2. The summed E-state index contributed by atoms with van der Waals surface area (Å²) >= 11 is 2.80. The van der Waals surface area contributed by atoms with Gasteiger partial charge in [0.1, 0.15) is 0 Å². The Labute approximate surface area is 254 Å². The van der Waals surface area contributed by atoms with Crippen LogP contribution in [0.15, 0.2) is 73.4 Å². The third-order valence-electron chi connectivity index (χ3n) is 6.26. The highest BCUT2D eigenvalue weighted by molar-refractivity contribution is 8.77. The lowest BCUT2D eigenvalue weighted by Crippen LogP contribution is -2.39. The number of morpholine rings is 2. The number of carbonyl (C=O) groups is 2. The Morgan fingerprint density at radius 3 is 1.27 bits per heavy atom. The van der Waals surface area contributed by atoms with Crippen molar-refractivity contribution in [3.63, 3.8) is 0 Å². The maximum Gasteiger partial charge on any atom is 0.281 e. The molecule has 4 rings (SSSR count). The Hall–Kier alpha value is -1.70. The van der Waals surface area contributed by atoms with Crippen LogP contribution >= 0.6 is 45.1 Å². The van der Waals surface area contributed by atoms with E-state index >= 15 is 0 Å². The minimum Gasteiger partial charge on any atom is -0.378 e. The Balaban J connectivity index is 1.37. The van der Waals surface area contributed by atoms with Crippen molar-refractivity contribution in [2.75, 3.05) is 77.2 Å². The van der Waals surface area contributed by atoms with Crippen molar-refractivity contribution in [1.82, 2.24) is 19.6 Å². The molecule has 0 aromatic carbocycles. The molecule has 12 heteroatoms. The largest absolute Gasteiger partial charge is 0.378 e. The van der Waals surface area contributed by atoms with Gasteiger partial charge in [0.15, 0.2) is 0 Å². The number of nitrogens with zero attached hydrogens (tertiary/aromatic N) is 4. The molecule has 40 heavy (non-hydrogen) atoms. The SMILES string of the molecule is O=C(SCC(CN1C=CC=CC=C1)SSC(CSC(=O)N1CCOCC1)CN1C=CC=CC=C1)N1CCOCC1. The van der Waals surface area contributed by atoms with Gasteiger partial charge in [-0.2, -0.15) is 0 Å². The first-order valence-corrected chi connectivity index (χ1v) is 17.8. The van der Waals surface area contributed by atoms with Crippen molar-refractivity contribution in [3.05, 3.63) is 73.4 Å². The summed E-state index contributed by atoms with van der Waals surface area (Å²) in [5.41, 5.74) is 0. The summed E-state index contributed by atoms with van der Waals surface area (Å²) in [5, 5.41) is 0.648. The van der Waals surface area contributed by atoms with Crippen LogP contribution in [0.5, 0.6) is 0 Å². The molecule has 2 atom stereocenters. The van der Waals surface area contributed by atoms with Crippen LogP contribution < -0.4 is 0 Å². The molecule has 4 aliphatic rings. The van der Waals surface area contributed by atoms with Crippen molar-refractivity contribution in [3.8, 4) is 0 Å². The van der Waals surface area contributed by atoms with Gasteiger partial charge < -0.3 is 29.1 Å². The Morgan fingerprint density at radius 2 is 0.925 bits per heavy atom. The topological polar surface area (TPSA) is 65.6 Å². The first-order chi connectivity index (χ1) is 19.7. The lowest BCUT2D eigenvalue weighted by Gasteiger charge is -2.29. The zero-order chi connectivity index (χ0) is 27.8. The van der Waals surface area contributed by atoms with Crippen LogP contribution in [0.2, 0.25) is 0 Å². The minimum absolute atomic E-state index is 0.123. The number of ether oxygens (including phenoxy) is 2. The second kappa shape index (κ2) is 18.0. The Kier molecular flexibility index (Phi) is 14.0. The van der Waals surface area contributed by atoms with E-state index in [4.69, 9.17) is 9.47 Å². The molecule has 0 saturated carbocycles. The number of thioether (sulfide) groups is 2. The normalized spacial score (nSPS) is 20.5. The van der Waals surface area contributed by atoms with Gasteiger partial charge in [-0.3, -0.25) is 9.59 Å². The summed E-state index contributed by atoms with van der Waals surface area (Å²) in [5.74, 6) is 1.42. The molecule has 2 fully saturated rings. The fraction of sp³-hybridized carbons (Fsp3) is 0.500. The molecule has 0 bridgehead atoms. The van der Waals surface area contributed by atoms with E-state index in [1.807, 2.05) is 80.0 Å². The van der Waals surface area contributed by atoms with Gasteiger partial charge in [-0.25, -0.2) is 0 Å². The molecule has 2 saturated heterocycles. The van der Waals surface area contributed by atoms with Crippen molar-refractivity contribution >= 4 is 55.6 Å². The third-order valence-corrected chi connectivity index (χ3v) is 12.1. The molecule has 218 valence electrons. The van der Waals surface area contributed by atoms with Gasteiger partial charge in [-0.1, -0.05) is 69.4 Å². The van der Waals surface area contributed by atoms with Gasteiger partial charge in [0.25, 0.3) is 10.5 Å². The lowest BCUT2D eigenvalue weighted by molar-refractivity contribution is 0.0593. The van der Waals surface area contributed by atoms with Gasteiger partial charge in [0.2, 0.25) is 0 Å². The fourth-order valence-corrected chi connectivity index (χ4v) is 9.63. The van der Waals surface area contributed by atoms with Gasteiger partial charge in [-0.15, -0.1) is 0 Å². The van der Waals surface area contributed by atoms with Crippen molar-refractivity contribution in [1.29, 1.82) is 0 Å². The van der Waals surface area contributed by atoms with Gasteiger partial charge in [0, 0.05) is 86.1 Å². The molecular weight excluding hydrogens is 585 g/mol. The molecule has 4 heterocycles. The maximum atomic E-state index is 12.9. The van der Waals surface area contributed by atoms with E-state index in [1.165, 1.54) is 23.5 Å². The van der Waals surface area contributed by atoms with Crippen LogP contribution in [-0.4, -0.2) is 118 Å². The summed E-state index contributed by atoms with van der Waals surface area (Å²) < 4.78 is 10.8. The van der Waals surface area contributed by atoms with E-state index in [2.05, 4.69) is 34.6 Å². The molecule has 0 aromatic rings. The minimum atomic E-state index is 0.123. The molecular formula is C28H38N4O4S4. The monoisotopic (exact) mass is 622 g/mol. The van der Waals surface area contributed by atoms with Crippen molar-refractivity contribution in [2.45, 2.75) is 10.5 Å². The predicted octanol–water partition coefficient (Wildman–Crippen LogP) is 5.27. The zero-order valence-electron chi connectivity index (χ0n) is 22.6. The second-order valence-corrected chi connectivity index (χ2v) is 14.1. The smallest absolute Gasteiger partial charge is 0.281 e. The highest BCUT2D eigenvalue weighted by atomic mass is 33.1. The Morgan fingerprint density at radius 1 is 0.575 bits per heavy atom. The van der Waals surface area contributed by atoms with Crippen LogP contribution in [0.25, 0.3) is 0 Å². The molecule has 0 spiro atoms. The molecule has 8 nitrogen and oxygen atoms in total. The van der Waals surface area contributed by atoms with Crippen LogP contribution in [0.4, 0.5) is 9.59 Å². The average molecular weight is 623 g/mol. The van der Waals surface area contributed by atoms with Crippen molar-refractivity contribution in [2.24, 2.45) is 0 Å². The summed E-state index contributed by atoms with van der Waals surface area (Å²) in [6, 6.07) is 0. The fourth-order valence-electron chi connectivity index (χ4n) is 4.09. The lowest BCUT2D eigenvalue weighted by atomic mass is 10.4. The van der Waals surface area contributed by atoms with Gasteiger partial charge in [0.05, 0.1) is 26.4 Å². The number of hydrogen-bond donors (Lipinski definition) is 0. The molecule has 0 N–H and O–H groups in total. The number of amides is 2. The molecule has 0 aliphatic carbocycles. The van der Waals surface area contributed by atoms with E-state index in [-0.39, 0.29) is 21.0 Å². The average Bonchev–Trinajstić information content (AvgIpc) is 3.42. The predicted molar refractivity (Wildman–Crippen MR) is 172 cm³/mol. The molecule has 0 aromatic heterocycles. The van der Waals surface area contributed by atoms with Crippen LogP contribution in [0, 0.1) is 0 Å². The number of allylic oxidation sites excluding steroid dienone is 8. The van der Waals surface area contributed by atoms with E-state index in [0.717, 1.165) is 13.1 Å². The molecule has 2 unspecified atom stereocenters. The van der Waals surface area contributed by atoms with Crippen LogP contribution in [0.3, 0.4) is 0 Å². The van der Waals surface area contributed by atoms with Crippen molar-refractivity contribution < 1.29 is 19.1 Å². The second-order valence-electron chi connectivity index (χ2n) is 9.32. The van der Waals surface area contributed by atoms with E-state index in [1.54, 1.807) is 0 Å². The van der Waals surface area contributed by atoms with E-state index in [9.17, 15) is 9.59 Å². The van der Waals surface area contributed by atoms with Gasteiger partial charge in [-0.05, 0) is 24.3 Å². The third kappa shape index (κ3) is 11.3. The van der Waals surface area contributed by atoms with Crippen LogP contribution in [0.1, 0.15) is 0 Å². The van der Waals surface area contributed by atoms with E-state index in [0.29, 0.717) is 64.1 Å². The van der Waals surface area contributed by atoms with E-state index < -0.39 is 0 Å². The maximum absolute atomic E-state index is 12.9. The highest BCUT2D eigenvalue weighted by Crippen LogP contribution is 2.36. The molecule has 4 aliphatic heterocycles. The summed E-state index contributed by atoms with van der Waals surface area (Å²) in [6.07, 6.45) is 24.5.